The van der Waals surface area contributed by atoms with Crippen molar-refractivity contribution in [3.05, 3.63) is 55.3 Å². The zero-order chi connectivity index (χ0) is 14.0. The van der Waals surface area contributed by atoms with Crippen LogP contribution in [0.25, 0.3) is 0 Å². The molecule has 0 aliphatic heterocycles. The molecule has 8 heteroatoms. The van der Waals surface area contributed by atoms with Crippen LogP contribution in [-0.2, 0) is 0 Å². The molecule has 0 saturated carbocycles. The number of aromatic nitrogens is 1. The van der Waals surface area contributed by atoms with Gasteiger partial charge in [0.15, 0.2) is 0 Å². The van der Waals surface area contributed by atoms with E-state index in [1.165, 1.54) is 30.5 Å². The molecule has 98 valence electrons. The SMILES string of the molecule is O=[N+]([O-])c1cc(Br)cnc1Nc1cc(Br)ccc1F. The molecular weight excluding hydrogens is 385 g/mol. The van der Waals surface area contributed by atoms with Gasteiger partial charge in [0, 0.05) is 21.2 Å². The van der Waals surface area contributed by atoms with E-state index in [0.717, 1.165) is 0 Å². The minimum atomic E-state index is -0.587. The lowest BCUT2D eigenvalue weighted by atomic mass is 10.3. The monoisotopic (exact) mass is 389 g/mol. The maximum atomic E-state index is 13.6. The van der Waals surface area contributed by atoms with Gasteiger partial charge in [0.05, 0.1) is 10.6 Å². The van der Waals surface area contributed by atoms with E-state index in [4.69, 9.17) is 0 Å². The molecule has 1 N–H and O–H groups in total. The molecule has 0 spiro atoms. The maximum Gasteiger partial charge on any atom is 0.312 e. The van der Waals surface area contributed by atoms with Gasteiger partial charge < -0.3 is 5.32 Å². The molecule has 0 radical (unpaired) electrons. The Hall–Kier alpha value is -1.54. The number of anilines is 2. The van der Waals surface area contributed by atoms with Crippen molar-refractivity contribution in [2.24, 2.45) is 0 Å². The standard InChI is InChI=1S/C11H6Br2FN3O2/c12-6-1-2-8(14)9(3-6)16-11-10(17(18)19)4-7(13)5-15-11/h1-5H,(H,15,16). The highest BCUT2D eigenvalue weighted by Crippen LogP contribution is 2.30. The van der Waals surface area contributed by atoms with Gasteiger partial charge in [0.1, 0.15) is 5.82 Å². The first-order chi connectivity index (χ1) is 8.97. The van der Waals surface area contributed by atoms with Crippen LogP contribution in [-0.4, -0.2) is 9.91 Å². The van der Waals surface area contributed by atoms with Gasteiger partial charge in [-0.25, -0.2) is 9.37 Å². The quantitative estimate of drug-likeness (QED) is 0.623. The second-order valence-electron chi connectivity index (χ2n) is 3.53. The smallest absolute Gasteiger partial charge is 0.312 e. The number of benzene rings is 1. The molecule has 0 saturated heterocycles. The van der Waals surface area contributed by atoms with Gasteiger partial charge in [-0.1, -0.05) is 15.9 Å². The number of pyridine rings is 1. The van der Waals surface area contributed by atoms with E-state index in [9.17, 15) is 14.5 Å². The minimum Gasteiger partial charge on any atom is -0.332 e. The topological polar surface area (TPSA) is 68.1 Å². The van der Waals surface area contributed by atoms with Gasteiger partial charge >= 0.3 is 5.69 Å². The summed E-state index contributed by atoms with van der Waals surface area (Å²) in [5.41, 5.74) is -0.138. The second kappa shape index (κ2) is 5.62. The van der Waals surface area contributed by atoms with Crippen molar-refractivity contribution in [1.29, 1.82) is 0 Å². The lowest BCUT2D eigenvalue weighted by Gasteiger charge is -2.07. The van der Waals surface area contributed by atoms with Gasteiger partial charge in [0.2, 0.25) is 5.82 Å². The Kier molecular flexibility index (Phi) is 4.11. The van der Waals surface area contributed by atoms with Crippen molar-refractivity contribution in [2.75, 3.05) is 5.32 Å². The molecule has 0 unspecified atom stereocenters. The van der Waals surface area contributed by atoms with E-state index in [-0.39, 0.29) is 17.2 Å². The van der Waals surface area contributed by atoms with Crippen molar-refractivity contribution in [3.63, 3.8) is 0 Å². The molecule has 5 nitrogen and oxygen atoms in total. The Morgan fingerprint density at radius 3 is 2.68 bits per heavy atom. The van der Waals surface area contributed by atoms with Gasteiger partial charge in [-0.15, -0.1) is 0 Å². The first-order valence-electron chi connectivity index (χ1n) is 4.99. The number of halogens is 3. The molecule has 0 atom stereocenters. The molecule has 1 aromatic heterocycles. The Morgan fingerprint density at radius 1 is 1.26 bits per heavy atom. The van der Waals surface area contributed by atoms with Gasteiger partial charge in [-0.2, -0.15) is 0 Å². The lowest BCUT2D eigenvalue weighted by molar-refractivity contribution is -0.384. The van der Waals surface area contributed by atoms with E-state index < -0.39 is 10.7 Å². The van der Waals surface area contributed by atoms with Crippen LogP contribution in [0.15, 0.2) is 39.4 Å². The number of nitrogens with zero attached hydrogens (tertiary/aromatic N) is 2. The molecule has 0 fully saturated rings. The van der Waals surface area contributed by atoms with E-state index in [1.807, 2.05) is 0 Å². The zero-order valence-electron chi connectivity index (χ0n) is 9.23. The summed E-state index contributed by atoms with van der Waals surface area (Å²) in [6.45, 7) is 0. The summed E-state index contributed by atoms with van der Waals surface area (Å²) in [5, 5.41) is 13.5. The van der Waals surface area contributed by atoms with Crippen molar-refractivity contribution in [3.8, 4) is 0 Å². The van der Waals surface area contributed by atoms with E-state index in [2.05, 4.69) is 42.2 Å². The Balaban J connectivity index is 2.43. The number of rotatable bonds is 3. The Morgan fingerprint density at radius 2 is 2.00 bits per heavy atom. The summed E-state index contributed by atoms with van der Waals surface area (Å²) in [6.07, 6.45) is 1.39. The number of nitrogens with one attached hydrogen (secondary N) is 1. The summed E-state index contributed by atoms with van der Waals surface area (Å²) >= 11 is 6.30. The predicted octanol–water partition coefficient (Wildman–Crippen LogP) is 4.40. The van der Waals surface area contributed by atoms with Gasteiger partial charge in [-0.05, 0) is 34.1 Å². The molecule has 1 heterocycles. The summed E-state index contributed by atoms with van der Waals surface area (Å²) in [4.78, 5) is 14.2. The van der Waals surface area contributed by atoms with Crippen LogP contribution >= 0.6 is 31.9 Å². The van der Waals surface area contributed by atoms with Crippen LogP contribution in [0.4, 0.5) is 21.6 Å². The van der Waals surface area contributed by atoms with Crippen LogP contribution in [0.5, 0.6) is 0 Å². The largest absolute Gasteiger partial charge is 0.332 e. The summed E-state index contributed by atoms with van der Waals surface area (Å²) in [7, 11) is 0. The minimum absolute atomic E-state index is 0.0230. The highest BCUT2D eigenvalue weighted by Gasteiger charge is 2.17. The molecule has 1 aromatic carbocycles. The maximum absolute atomic E-state index is 13.6. The first-order valence-corrected chi connectivity index (χ1v) is 6.58. The highest BCUT2D eigenvalue weighted by molar-refractivity contribution is 9.10. The summed E-state index contributed by atoms with van der Waals surface area (Å²) in [5.74, 6) is -0.549. The van der Waals surface area contributed by atoms with Crippen molar-refractivity contribution in [1.82, 2.24) is 4.98 Å². The Bertz CT molecular complexity index is 652. The highest BCUT2D eigenvalue weighted by atomic mass is 79.9. The zero-order valence-corrected chi connectivity index (χ0v) is 12.4. The number of hydrogen-bond donors (Lipinski definition) is 1. The van der Waals surface area contributed by atoms with Crippen LogP contribution in [0.3, 0.4) is 0 Å². The van der Waals surface area contributed by atoms with Crippen LogP contribution in [0.1, 0.15) is 0 Å². The fourth-order valence-electron chi connectivity index (χ4n) is 1.38. The normalized spacial score (nSPS) is 10.3. The molecule has 2 aromatic rings. The van der Waals surface area contributed by atoms with Crippen molar-refractivity contribution < 1.29 is 9.31 Å². The molecular formula is C11H6Br2FN3O2. The van der Waals surface area contributed by atoms with Crippen LogP contribution in [0, 0.1) is 15.9 Å². The second-order valence-corrected chi connectivity index (χ2v) is 5.36. The third-order valence-corrected chi connectivity index (χ3v) is 3.14. The van der Waals surface area contributed by atoms with Gasteiger partial charge in [0.25, 0.3) is 0 Å². The summed E-state index contributed by atoms with van der Waals surface area (Å²) < 4.78 is 14.7. The number of nitro groups is 1. The molecule has 0 aliphatic rings. The van der Waals surface area contributed by atoms with Crippen molar-refractivity contribution in [2.45, 2.75) is 0 Å². The third kappa shape index (κ3) is 3.27. The molecule has 0 aliphatic carbocycles. The van der Waals surface area contributed by atoms with Gasteiger partial charge in [-0.3, -0.25) is 10.1 Å². The fourth-order valence-corrected chi connectivity index (χ4v) is 2.07. The van der Waals surface area contributed by atoms with E-state index in [1.54, 1.807) is 0 Å². The molecule has 0 bridgehead atoms. The predicted molar refractivity (Wildman–Crippen MR) is 76.0 cm³/mol. The van der Waals surface area contributed by atoms with Crippen LogP contribution < -0.4 is 5.32 Å². The van der Waals surface area contributed by atoms with E-state index >= 15 is 0 Å². The average molecular weight is 391 g/mol. The van der Waals surface area contributed by atoms with E-state index in [0.29, 0.717) is 8.95 Å². The third-order valence-electron chi connectivity index (χ3n) is 2.21. The van der Waals surface area contributed by atoms with Crippen LogP contribution in [0.2, 0.25) is 0 Å². The fraction of sp³-hybridized carbons (Fsp3) is 0. The lowest BCUT2D eigenvalue weighted by Crippen LogP contribution is -2.01. The summed E-state index contributed by atoms with van der Waals surface area (Å²) in [6, 6.07) is 5.55. The molecule has 19 heavy (non-hydrogen) atoms. The molecule has 2 rings (SSSR count). The first kappa shape index (κ1) is 13.9. The number of hydrogen-bond acceptors (Lipinski definition) is 4. The van der Waals surface area contributed by atoms with Crippen molar-refractivity contribution >= 4 is 49.1 Å². The molecule has 0 amide bonds. The average Bonchev–Trinajstić information content (AvgIpc) is 2.35. The Labute approximate surface area is 124 Å².